The number of benzene rings is 1. The molecule has 1 aliphatic rings. The molecule has 1 unspecified atom stereocenters. The lowest BCUT2D eigenvalue weighted by molar-refractivity contribution is 0.347. The number of nitrogen functional groups attached to an aromatic ring is 1. The van der Waals surface area contributed by atoms with Crippen LogP contribution in [0.2, 0.25) is 5.02 Å². The molecule has 184 valence electrons. The summed E-state index contributed by atoms with van der Waals surface area (Å²) in [7, 11) is 0. The molecule has 6 heteroatoms. The molecule has 1 heterocycles. The quantitative estimate of drug-likeness (QED) is 0.181. The molecular weight excluding hydrogens is 444 g/mol. The van der Waals surface area contributed by atoms with Crippen molar-refractivity contribution in [2.45, 2.75) is 65.5 Å². The van der Waals surface area contributed by atoms with E-state index < -0.39 is 0 Å². The summed E-state index contributed by atoms with van der Waals surface area (Å²) >= 11 is 6.31. The number of piperidine rings is 1. The lowest BCUT2D eigenvalue weighted by atomic mass is 10.0. The van der Waals surface area contributed by atoms with E-state index in [0.717, 1.165) is 49.8 Å². The van der Waals surface area contributed by atoms with Crippen molar-refractivity contribution in [2.24, 2.45) is 5.92 Å². The van der Waals surface area contributed by atoms with Crippen LogP contribution in [0.25, 0.3) is 0 Å². The first-order chi connectivity index (χ1) is 16.4. The smallest absolute Gasteiger partial charge is 0.126 e. The highest BCUT2D eigenvalue weighted by Crippen LogP contribution is 2.30. The molecule has 1 saturated heterocycles. The SMILES string of the molecule is C=C/C(=C\C(C#N)=C/CCC(C)C)COc1cc(N)c(Cl)cc1CNC1CC/C(=C\CC)NC1. The number of rotatable bonds is 12. The fourth-order valence-corrected chi connectivity index (χ4v) is 3.92. The van der Waals surface area contributed by atoms with Gasteiger partial charge in [-0.2, -0.15) is 5.26 Å². The van der Waals surface area contributed by atoms with Gasteiger partial charge in [-0.15, -0.1) is 0 Å². The van der Waals surface area contributed by atoms with Crippen LogP contribution in [0.4, 0.5) is 5.69 Å². The zero-order valence-corrected chi connectivity index (χ0v) is 21.5. The van der Waals surface area contributed by atoms with Crippen LogP contribution in [-0.2, 0) is 6.54 Å². The van der Waals surface area contributed by atoms with Crippen LogP contribution >= 0.6 is 11.6 Å². The Balaban J connectivity index is 2.05. The standard InChI is InChI=1S/C28H39ClN4O/c1-5-8-24-11-12-25(18-33-24)32-17-23-14-26(29)27(31)15-28(23)34-19-21(6-2)13-22(16-30)10-7-9-20(3)4/h6,8,10,13-15,20,25,32-33H,2,5,7,9,11-12,17-19,31H2,1,3-4H3/b21-13+,22-10+,24-8+. The van der Waals surface area contributed by atoms with E-state index in [-0.39, 0.29) is 6.61 Å². The normalized spacial score (nSPS) is 18.0. The molecule has 1 aliphatic heterocycles. The highest BCUT2D eigenvalue weighted by atomic mass is 35.5. The number of ether oxygens (including phenoxy) is 1. The highest BCUT2D eigenvalue weighted by molar-refractivity contribution is 6.33. The molecule has 0 spiro atoms. The van der Waals surface area contributed by atoms with Crippen molar-refractivity contribution in [3.63, 3.8) is 0 Å². The fraction of sp³-hybridized carbons (Fsp3) is 0.464. The minimum absolute atomic E-state index is 0.289. The summed E-state index contributed by atoms with van der Waals surface area (Å²) < 4.78 is 6.12. The van der Waals surface area contributed by atoms with Crippen molar-refractivity contribution >= 4 is 17.3 Å². The molecule has 4 N–H and O–H groups in total. The van der Waals surface area contributed by atoms with Crippen molar-refractivity contribution < 1.29 is 4.74 Å². The molecule has 1 fully saturated rings. The maximum absolute atomic E-state index is 9.49. The summed E-state index contributed by atoms with van der Waals surface area (Å²) in [5, 5.41) is 17.1. The van der Waals surface area contributed by atoms with Crippen molar-refractivity contribution in [1.82, 2.24) is 10.6 Å². The number of hydrogen-bond acceptors (Lipinski definition) is 5. The number of hydrogen-bond donors (Lipinski definition) is 3. The number of halogens is 1. The summed E-state index contributed by atoms with van der Waals surface area (Å²) in [5.41, 5.74) is 10.3. The Bertz CT molecular complexity index is 946. The van der Waals surface area contributed by atoms with E-state index in [1.54, 1.807) is 12.1 Å². The van der Waals surface area contributed by atoms with Gasteiger partial charge in [0.15, 0.2) is 0 Å². The molecule has 0 aromatic heterocycles. The van der Waals surface area contributed by atoms with Crippen LogP contribution < -0.4 is 21.1 Å². The summed E-state index contributed by atoms with van der Waals surface area (Å²) in [4.78, 5) is 0. The topological polar surface area (TPSA) is 83.1 Å². The van der Waals surface area contributed by atoms with Crippen molar-refractivity contribution in [2.75, 3.05) is 18.9 Å². The van der Waals surface area contributed by atoms with Gasteiger partial charge in [0, 0.05) is 42.0 Å². The number of nitrogens with two attached hydrogens (primary N) is 1. The third kappa shape index (κ3) is 9.29. The van der Waals surface area contributed by atoms with Gasteiger partial charge in [0.1, 0.15) is 12.4 Å². The average molecular weight is 483 g/mol. The number of anilines is 1. The van der Waals surface area contributed by atoms with Crippen molar-refractivity contribution in [3.8, 4) is 11.8 Å². The van der Waals surface area contributed by atoms with E-state index in [2.05, 4.69) is 50.1 Å². The largest absolute Gasteiger partial charge is 0.488 e. The number of allylic oxidation sites excluding steroid dienone is 5. The summed E-state index contributed by atoms with van der Waals surface area (Å²) in [5.74, 6) is 1.28. The molecule has 5 nitrogen and oxygen atoms in total. The van der Waals surface area contributed by atoms with Gasteiger partial charge in [0.05, 0.1) is 16.8 Å². The van der Waals surface area contributed by atoms with Crippen molar-refractivity contribution in [1.29, 1.82) is 5.26 Å². The molecule has 1 aromatic rings. The minimum atomic E-state index is 0.289. The lowest BCUT2D eigenvalue weighted by Crippen LogP contribution is -2.41. The predicted octanol–water partition coefficient (Wildman–Crippen LogP) is 6.44. The second kappa shape index (κ2) is 14.6. The van der Waals surface area contributed by atoms with Crippen LogP contribution in [0.3, 0.4) is 0 Å². The Kier molecular flexibility index (Phi) is 11.8. The number of nitrogens with zero attached hydrogens (tertiary/aromatic N) is 1. The van der Waals surface area contributed by atoms with E-state index in [1.807, 2.05) is 18.2 Å². The molecule has 0 aliphatic carbocycles. The number of nitriles is 1. The van der Waals surface area contributed by atoms with E-state index in [1.165, 1.54) is 5.70 Å². The Morgan fingerprint density at radius 1 is 1.44 bits per heavy atom. The van der Waals surface area contributed by atoms with E-state index in [4.69, 9.17) is 22.1 Å². The minimum Gasteiger partial charge on any atom is -0.488 e. The van der Waals surface area contributed by atoms with Crippen molar-refractivity contribution in [3.05, 3.63) is 70.4 Å². The van der Waals surface area contributed by atoms with Gasteiger partial charge in [-0.1, -0.05) is 57.2 Å². The third-order valence-electron chi connectivity index (χ3n) is 5.78. The third-order valence-corrected chi connectivity index (χ3v) is 6.11. The second-order valence-electron chi connectivity index (χ2n) is 9.07. The predicted molar refractivity (Wildman–Crippen MR) is 144 cm³/mol. The molecule has 0 bridgehead atoms. The summed E-state index contributed by atoms with van der Waals surface area (Å²) in [6.07, 6.45) is 12.9. The zero-order valence-electron chi connectivity index (χ0n) is 20.8. The van der Waals surface area contributed by atoms with Gasteiger partial charge in [-0.05, 0) is 55.7 Å². The Hall–Kier alpha value is -2.68. The molecule has 1 aromatic carbocycles. The lowest BCUT2D eigenvalue weighted by Gasteiger charge is -2.27. The van der Waals surface area contributed by atoms with Crippen LogP contribution in [0.15, 0.2) is 59.9 Å². The second-order valence-corrected chi connectivity index (χ2v) is 9.48. The maximum Gasteiger partial charge on any atom is 0.126 e. The number of nitrogens with one attached hydrogen (secondary N) is 2. The van der Waals surface area contributed by atoms with Gasteiger partial charge in [-0.25, -0.2) is 0 Å². The van der Waals surface area contributed by atoms with Gasteiger partial charge in [0.2, 0.25) is 0 Å². The summed E-state index contributed by atoms with van der Waals surface area (Å²) in [6, 6.07) is 6.26. The van der Waals surface area contributed by atoms with Gasteiger partial charge < -0.3 is 21.1 Å². The van der Waals surface area contributed by atoms with Gasteiger partial charge >= 0.3 is 0 Å². The van der Waals surface area contributed by atoms with Crippen LogP contribution in [0.5, 0.6) is 5.75 Å². The van der Waals surface area contributed by atoms with Gasteiger partial charge in [0.25, 0.3) is 0 Å². The van der Waals surface area contributed by atoms with Crippen LogP contribution in [0, 0.1) is 17.2 Å². The van der Waals surface area contributed by atoms with E-state index in [9.17, 15) is 5.26 Å². The molecular formula is C28H39ClN4O. The Morgan fingerprint density at radius 3 is 2.85 bits per heavy atom. The molecule has 0 amide bonds. The Labute approximate surface area is 210 Å². The molecule has 0 radical (unpaired) electrons. The molecule has 34 heavy (non-hydrogen) atoms. The maximum atomic E-state index is 9.49. The molecule has 2 rings (SSSR count). The van der Waals surface area contributed by atoms with E-state index >= 15 is 0 Å². The van der Waals surface area contributed by atoms with Crippen LogP contribution in [0.1, 0.15) is 58.4 Å². The van der Waals surface area contributed by atoms with Gasteiger partial charge in [-0.3, -0.25) is 0 Å². The fourth-order valence-electron chi connectivity index (χ4n) is 3.74. The zero-order chi connectivity index (χ0) is 24.9. The Morgan fingerprint density at radius 2 is 2.24 bits per heavy atom. The van der Waals surface area contributed by atoms with E-state index in [0.29, 0.717) is 40.5 Å². The summed E-state index contributed by atoms with van der Waals surface area (Å²) in [6.45, 7) is 12.2. The van der Waals surface area contributed by atoms with Crippen LogP contribution in [-0.4, -0.2) is 19.2 Å². The highest BCUT2D eigenvalue weighted by Gasteiger charge is 2.17. The first-order valence-electron chi connectivity index (χ1n) is 12.2. The average Bonchev–Trinajstić information content (AvgIpc) is 2.82. The molecule has 1 atom stereocenters. The first-order valence-corrected chi connectivity index (χ1v) is 12.5. The molecule has 0 saturated carbocycles. The monoisotopic (exact) mass is 482 g/mol. The first kappa shape index (κ1) is 27.6.